The molecule has 0 unspecified atom stereocenters. The zero-order valence-electron chi connectivity index (χ0n) is 11.6. The van der Waals surface area contributed by atoms with E-state index >= 15 is 0 Å². The monoisotopic (exact) mass is 286 g/mol. The van der Waals surface area contributed by atoms with Gasteiger partial charge in [-0.15, -0.1) is 0 Å². The smallest absolute Gasteiger partial charge is 0.271 e. The minimum absolute atomic E-state index is 0.00936. The lowest BCUT2D eigenvalue weighted by Gasteiger charge is -2.10. The standard InChI is InChI=1S/C15H14N2O4/c1-9-4-3-5-12(10(9)2)15(19)16-13-8-11(17(20)21)6-7-14(13)18/h3-8,18H,1-2H3,(H,16,19). The number of benzene rings is 2. The Kier molecular flexibility index (Phi) is 3.89. The van der Waals surface area contributed by atoms with Gasteiger partial charge in [0.25, 0.3) is 11.6 Å². The number of rotatable bonds is 3. The van der Waals surface area contributed by atoms with Crippen molar-refractivity contribution in [3.63, 3.8) is 0 Å². The molecule has 0 saturated carbocycles. The van der Waals surface area contributed by atoms with Crippen molar-refractivity contribution in [1.29, 1.82) is 0 Å². The second-order valence-electron chi connectivity index (χ2n) is 4.66. The van der Waals surface area contributed by atoms with Crippen molar-refractivity contribution < 1.29 is 14.8 Å². The van der Waals surface area contributed by atoms with E-state index in [4.69, 9.17) is 0 Å². The SMILES string of the molecule is Cc1cccc(C(=O)Nc2cc([N+](=O)[O-])ccc2O)c1C. The number of nitro benzene ring substituents is 1. The molecule has 2 aromatic rings. The maximum Gasteiger partial charge on any atom is 0.271 e. The van der Waals surface area contributed by atoms with Gasteiger partial charge in [-0.3, -0.25) is 14.9 Å². The van der Waals surface area contributed by atoms with Gasteiger partial charge in [0.15, 0.2) is 0 Å². The molecule has 108 valence electrons. The Morgan fingerprint density at radius 3 is 2.62 bits per heavy atom. The fourth-order valence-electron chi connectivity index (χ4n) is 1.92. The van der Waals surface area contributed by atoms with Gasteiger partial charge in [-0.1, -0.05) is 12.1 Å². The Balaban J connectivity index is 2.33. The van der Waals surface area contributed by atoms with Crippen LogP contribution in [0, 0.1) is 24.0 Å². The van der Waals surface area contributed by atoms with Gasteiger partial charge < -0.3 is 10.4 Å². The van der Waals surface area contributed by atoms with Gasteiger partial charge in [0.05, 0.1) is 10.6 Å². The molecular formula is C15H14N2O4. The van der Waals surface area contributed by atoms with Gasteiger partial charge in [0, 0.05) is 17.7 Å². The van der Waals surface area contributed by atoms with Crippen molar-refractivity contribution in [1.82, 2.24) is 0 Å². The van der Waals surface area contributed by atoms with Crippen LogP contribution >= 0.6 is 0 Å². The number of anilines is 1. The van der Waals surface area contributed by atoms with Crippen LogP contribution in [0.1, 0.15) is 21.5 Å². The number of nitro groups is 1. The van der Waals surface area contributed by atoms with Gasteiger partial charge in [-0.25, -0.2) is 0 Å². The Morgan fingerprint density at radius 2 is 1.95 bits per heavy atom. The van der Waals surface area contributed by atoms with E-state index < -0.39 is 10.8 Å². The normalized spacial score (nSPS) is 10.2. The lowest BCUT2D eigenvalue weighted by atomic mass is 10.0. The van der Waals surface area contributed by atoms with Crippen LogP contribution in [0.25, 0.3) is 0 Å². The summed E-state index contributed by atoms with van der Waals surface area (Å²) in [5, 5.41) is 22.9. The van der Waals surface area contributed by atoms with Crippen LogP contribution in [-0.2, 0) is 0 Å². The second-order valence-corrected chi connectivity index (χ2v) is 4.66. The average molecular weight is 286 g/mol. The fourth-order valence-corrected chi connectivity index (χ4v) is 1.92. The molecule has 0 aromatic heterocycles. The minimum atomic E-state index is -0.590. The number of nitrogens with zero attached hydrogens (tertiary/aromatic N) is 1. The summed E-state index contributed by atoms with van der Waals surface area (Å²) in [6.45, 7) is 3.70. The van der Waals surface area contributed by atoms with E-state index in [-0.39, 0.29) is 17.1 Å². The highest BCUT2D eigenvalue weighted by Crippen LogP contribution is 2.28. The molecule has 2 rings (SSSR count). The highest BCUT2D eigenvalue weighted by molar-refractivity contribution is 6.06. The Labute approximate surface area is 121 Å². The molecule has 0 aliphatic heterocycles. The van der Waals surface area contributed by atoms with Crippen LogP contribution < -0.4 is 5.32 Å². The topological polar surface area (TPSA) is 92.5 Å². The molecule has 0 fully saturated rings. The Bertz CT molecular complexity index is 726. The van der Waals surface area contributed by atoms with Crippen molar-refractivity contribution in [2.45, 2.75) is 13.8 Å². The molecule has 21 heavy (non-hydrogen) atoms. The van der Waals surface area contributed by atoms with Crippen molar-refractivity contribution in [3.05, 3.63) is 63.2 Å². The number of phenols is 1. The van der Waals surface area contributed by atoms with Crippen molar-refractivity contribution in [2.75, 3.05) is 5.32 Å². The summed E-state index contributed by atoms with van der Waals surface area (Å²) in [7, 11) is 0. The number of aromatic hydroxyl groups is 1. The molecule has 0 atom stereocenters. The van der Waals surface area contributed by atoms with E-state index in [1.54, 1.807) is 12.1 Å². The van der Waals surface area contributed by atoms with Crippen LogP contribution in [0.15, 0.2) is 36.4 Å². The van der Waals surface area contributed by atoms with Crippen LogP contribution in [-0.4, -0.2) is 15.9 Å². The first-order valence-corrected chi connectivity index (χ1v) is 6.25. The number of carbonyl (C=O) groups is 1. The second kappa shape index (κ2) is 5.62. The number of nitrogens with one attached hydrogen (secondary N) is 1. The third-order valence-corrected chi connectivity index (χ3v) is 3.29. The van der Waals surface area contributed by atoms with Crippen LogP contribution in [0.4, 0.5) is 11.4 Å². The first-order valence-electron chi connectivity index (χ1n) is 6.25. The van der Waals surface area contributed by atoms with E-state index in [1.165, 1.54) is 12.1 Å². The third-order valence-electron chi connectivity index (χ3n) is 3.29. The number of amides is 1. The number of hydrogen-bond donors (Lipinski definition) is 2. The van der Waals surface area contributed by atoms with Gasteiger partial charge >= 0.3 is 0 Å². The van der Waals surface area contributed by atoms with Crippen molar-refractivity contribution in [3.8, 4) is 5.75 Å². The van der Waals surface area contributed by atoms with E-state index in [2.05, 4.69) is 5.32 Å². The number of non-ortho nitro benzene ring substituents is 1. The lowest BCUT2D eigenvalue weighted by molar-refractivity contribution is -0.384. The summed E-state index contributed by atoms with van der Waals surface area (Å²) in [5.74, 6) is -0.647. The molecule has 0 aliphatic rings. The predicted molar refractivity (Wildman–Crippen MR) is 78.6 cm³/mol. The zero-order chi connectivity index (χ0) is 15.6. The largest absolute Gasteiger partial charge is 0.506 e. The van der Waals surface area contributed by atoms with Gasteiger partial charge in [-0.05, 0) is 37.1 Å². The van der Waals surface area contributed by atoms with Gasteiger partial charge in [-0.2, -0.15) is 0 Å². The zero-order valence-corrected chi connectivity index (χ0v) is 11.6. The average Bonchev–Trinajstić information content (AvgIpc) is 2.43. The number of aryl methyl sites for hydroxylation is 1. The minimum Gasteiger partial charge on any atom is -0.506 e. The molecule has 1 amide bonds. The summed E-state index contributed by atoms with van der Waals surface area (Å²) < 4.78 is 0. The molecule has 6 heteroatoms. The summed E-state index contributed by atoms with van der Waals surface area (Å²) in [6.07, 6.45) is 0. The Morgan fingerprint density at radius 1 is 1.24 bits per heavy atom. The number of hydrogen-bond acceptors (Lipinski definition) is 4. The highest BCUT2D eigenvalue weighted by Gasteiger charge is 2.15. The lowest BCUT2D eigenvalue weighted by Crippen LogP contribution is -2.14. The van der Waals surface area contributed by atoms with Crippen LogP contribution in [0.2, 0.25) is 0 Å². The summed E-state index contributed by atoms with van der Waals surface area (Å²) in [5.41, 5.74) is 2.05. The highest BCUT2D eigenvalue weighted by atomic mass is 16.6. The number of phenolic OH excluding ortho intramolecular Hbond substituents is 1. The predicted octanol–water partition coefficient (Wildman–Crippen LogP) is 3.17. The first-order chi connectivity index (χ1) is 9.90. The van der Waals surface area contributed by atoms with E-state index in [0.29, 0.717) is 5.56 Å². The van der Waals surface area contributed by atoms with E-state index in [9.17, 15) is 20.0 Å². The molecule has 0 bridgehead atoms. The molecule has 2 aromatic carbocycles. The van der Waals surface area contributed by atoms with Crippen LogP contribution in [0.3, 0.4) is 0 Å². The maximum absolute atomic E-state index is 12.2. The Hall–Kier alpha value is -2.89. The molecule has 2 N–H and O–H groups in total. The molecule has 0 heterocycles. The summed E-state index contributed by atoms with van der Waals surface area (Å²) >= 11 is 0. The van der Waals surface area contributed by atoms with Crippen molar-refractivity contribution in [2.24, 2.45) is 0 Å². The molecule has 0 spiro atoms. The molecular weight excluding hydrogens is 272 g/mol. The molecule has 0 aliphatic carbocycles. The number of carbonyl (C=O) groups excluding carboxylic acids is 1. The fraction of sp³-hybridized carbons (Fsp3) is 0.133. The molecule has 0 radical (unpaired) electrons. The molecule has 6 nitrogen and oxygen atoms in total. The summed E-state index contributed by atoms with van der Waals surface area (Å²) in [4.78, 5) is 22.4. The quantitative estimate of drug-likeness (QED) is 0.515. The van der Waals surface area contributed by atoms with E-state index in [0.717, 1.165) is 17.2 Å². The van der Waals surface area contributed by atoms with Gasteiger partial charge in [0.2, 0.25) is 0 Å². The first kappa shape index (κ1) is 14.5. The van der Waals surface area contributed by atoms with Crippen molar-refractivity contribution >= 4 is 17.3 Å². The van der Waals surface area contributed by atoms with E-state index in [1.807, 2.05) is 19.9 Å². The molecule has 0 saturated heterocycles. The maximum atomic E-state index is 12.2. The van der Waals surface area contributed by atoms with Gasteiger partial charge in [0.1, 0.15) is 5.75 Å². The third kappa shape index (κ3) is 3.00. The summed E-state index contributed by atoms with van der Waals surface area (Å²) in [6, 6.07) is 8.77. The van der Waals surface area contributed by atoms with Crippen LogP contribution in [0.5, 0.6) is 5.75 Å².